The number of rotatable bonds is 8. The van der Waals surface area contributed by atoms with Crippen molar-refractivity contribution in [3.8, 4) is 5.75 Å². The number of morpholine rings is 1. The van der Waals surface area contributed by atoms with Crippen LogP contribution in [-0.2, 0) is 11.3 Å². The molecule has 2 amide bonds. The van der Waals surface area contributed by atoms with E-state index in [2.05, 4.69) is 25.4 Å². The average molecular weight is 549 g/mol. The van der Waals surface area contributed by atoms with E-state index in [4.69, 9.17) is 9.47 Å². The Kier molecular flexibility index (Phi) is 7.73. The standard InChI is InChI=1S/C28H32N6O4S/c35-27(31-23-18-30-6-5-24(23)33-9-7-29-8-10-33)25-3-4-26(39-25)34-19-20-1-2-21(17-22(20)28(34)36)38-16-13-32-11-14-37-15-12-32/h1-6,17-18,29H,7-16,19H2,(H,31,35). The summed E-state index contributed by atoms with van der Waals surface area (Å²) in [5, 5.41) is 7.11. The third kappa shape index (κ3) is 5.76. The summed E-state index contributed by atoms with van der Waals surface area (Å²) in [5.74, 6) is 0.404. The number of hydrogen-bond acceptors (Lipinski definition) is 9. The Morgan fingerprint density at radius 1 is 1.10 bits per heavy atom. The second-order valence-corrected chi connectivity index (χ2v) is 10.8. The Balaban J connectivity index is 1.09. The molecule has 2 N–H and O–H groups in total. The fraction of sp³-hybridized carbons (Fsp3) is 0.393. The zero-order chi connectivity index (χ0) is 26.6. The van der Waals surface area contributed by atoms with E-state index in [0.29, 0.717) is 35.0 Å². The summed E-state index contributed by atoms with van der Waals surface area (Å²) in [6.07, 6.45) is 3.43. The topological polar surface area (TPSA) is 99.3 Å². The van der Waals surface area contributed by atoms with Crippen molar-refractivity contribution in [2.75, 3.05) is 80.8 Å². The SMILES string of the molecule is O=C(Nc1cnccc1N1CCNCC1)c1ccc(N2Cc3ccc(OCCN4CCOCC4)cc3C2=O)s1. The van der Waals surface area contributed by atoms with E-state index in [0.717, 1.165) is 75.3 Å². The predicted octanol–water partition coefficient (Wildman–Crippen LogP) is 2.68. The van der Waals surface area contributed by atoms with Crippen molar-refractivity contribution >= 4 is 39.5 Å². The average Bonchev–Trinajstić information content (AvgIpc) is 3.59. The quantitative estimate of drug-likeness (QED) is 0.444. The number of benzene rings is 1. The van der Waals surface area contributed by atoms with Crippen molar-refractivity contribution in [2.24, 2.45) is 0 Å². The second kappa shape index (κ2) is 11.7. The van der Waals surface area contributed by atoms with Crippen LogP contribution in [0.1, 0.15) is 25.6 Å². The molecule has 0 radical (unpaired) electrons. The van der Waals surface area contributed by atoms with Crippen molar-refractivity contribution in [2.45, 2.75) is 6.54 Å². The van der Waals surface area contributed by atoms with Gasteiger partial charge in [-0.2, -0.15) is 0 Å². The first-order chi connectivity index (χ1) is 19.2. The van der Waals surface area contributed by atoms with E-state index in [1.54, 1.807) is 23.4 Å². The molecule has 2 saturated heterocycles. The molecular weight excluding hydrogens is 516 g/mol. The lowest BCUT2D eigenvalue weighted by atomic mass is 10.1. The van der Waals surface area contributed by atoms with Crippen LogP contribution in [0.4, 0.5) is 16.4 Å². The van der Waals surface area contributed by atoms with Crippen LogP contribution >= 0.6 is 11.3 Å². The maximum absolute atomic E-state index is 13.3. The van der Waals surface area contributed by atoms with Crippen LogP contribution in [0.5, 0.6) is 5.75 Å². The number of fused-ring (bicyclic) bond motifs is 1. The molecule has 3 aliphatic heterocycles. The molecule has 2 fully saturated rings. The summed E-state index contributed by atoms with van der Waals surface area (Å²) in [6.45, 7) is 8.76. The monoisotopic (exact) mass is 548 g/mol. The number of amides is 2. The fourth-order valence-electron chi connectivity index (χ4n) is 5.11. The highest BCUT2D eigenvalue weighted by Crippen LogP contribution is 2.35. The first-order valence-corrected chi connectivity index (χ1v) is 14.2. The molecule has 2 aromatic heterocycles. The van der Waals surface area contributed by atoms with Crippen LogP contribution in [0.25, 0.3) is 0 Å². The lowest BCUT2D eigenvalue weighted by molar-refractivity contribution is 0.0322. The van der Waals surface area contributed by atoms with Crippen LogP contribution in [0.2, 0.25) is 0 Å². The molecule has 0 bridgehead atoms. The number of aromatic nitrogens is 1. The number of pyridine rings is 1. The second-order valence-electron chi connectivity index (χ2n) is 9.73. The number of thiophene rings is 1. The van der Waals surface area contributed by atoms with Gasteiger partial charge in [-0.1, -0.05) is 6.07 Å². The van der Waals surface area contributed by atoms with Gasteiger partial charge in [-0.3, -0.25) is 24.4 Å². The van der Waals surface area contributed by atoms with Gasteiger partial charge in [-0.25, -0.2) is 0 Å². The number of carbonyl (C=O) groups is 2. The normalized spacial score (nSPS) is 17.8. The third-order valence-corrected chi connectivity index (χ3v) is 8.36. The Bertz CT molecular complexity index is 1340. The van der Waals surface area contributed by atoms with Gasteiger partial charge in [-0.15, -0.1) is 11.3 Å². The summed E-state index contributed by atoms with van der Waals surface area (Å²) in [5.41, 5.74) is 3.25. The fourth-order valence-corrected chi connectivity index (χ4v) is 6.01. The van der Waals surface area contributed by atoms with E-state index in [-0.39, 0.29) is 11.8 Å². The van der Waals surface area contributed by atoms with Crippen molar-refractivity contribution in [3.05, 3.63) is 64.8 Å². The van der Waals surface area contributed by atoms with Gasteiger partial charge in [0.1, 0.15) is 12.4 Å². The number of hydrogen-bond donors (Lipinski definition) is 2. The zero-order valence-corrected chi connectivity index (χ0v) is 22.5. The van der Waals surface area contributed by atoms with Crippen LogP contribution in [-0.4, -0.2) is 87.3 Å². The molecule has 1 aromatic carbocycles. The molecule has 0 atom stereocenters. The Morgan fingerprint density at radius 3 is 2.79 bits per heavy atom. The molecule has 0 saturated carbocycles. The van der Waals surface area contributed by atoms with Crippen LogP contribution in [0.3, 0.4) is 0 Å². The van der Waals surface area contributed by atoms with Gasteiger partial charge < -0.3 is 25.0 Å². The van der Waals surface area contributed by atoms with Crippen LogP contribution in [0, 0.1) is 0 Å². The van der Waals surface area contributed by atoms with Crippen LogP contribution < -0.4 is 25.2 Å². The predicted molar refractivity (Wildman–Crippen MR) is 151 cm³/mol. The van der Waals surface area contributed by atoms with E-state index in [1.165, 1.54) is 11.3 Å². The minimum atomic E-state index is -0.212. The molecule has 5 heterocycles. The lowest BCUT2D eigenvalue weighted by Crippen LogP contribution is -2.43. The van der Waals surface area contributed by atoms with Gasteiger partial charge in [0.2, 0.25) is 0 Å². The number of carbonyl (C=O) groups excluding carboxylic acids is 2. The molecule has 0 aliphatic carbocycles. The highest BCUT2D eigenvalue weighted by atomic mass is 32.1. The molecule has 10 nitrogen and oxygen atoms in total. The maximum Gasteiger partial charge on any atom is 0.265 e. The number of piperazine rings is 1. The van der Waals surface area contributed by atoms with E-state index in [1.807, 2.05) is 30.3 Å². The number of ether oxygens (including phenoxy) is 2. The molecule has 6 rings (SSSR count). The summed E-state index contributed by atoms with van der Waals surface area (Å²) < 4.78 is 11.3. The number of nitrogens with one attached hydrogen (secondary N) is 2. The van der Waals surface area contributed by atoms with Gasteiger partial charge in [0.25, 0.3) is 11.8 Å². The summed E-state index contributed by atoms with van der Waals surface area (Å²) in [6, 6.07) is 11.3. The van der Waals surface area contributed by atoms with Crippen molar-refractivity contribution in [3.63, 3.8) is 0 Å². The highest BCUT2D eigenvalue weighted by molar-refractivity contribution is 7.18. The molecule has 3 aliphatic rings. The Morgan fingerprint density at radius 2 is 1.95 bits per heavy atom. The zero-order valence-electron chi connectivity index (χ0n) is 21.7. The van der Waals surface area contributed by atoms with Gasteiger partial charge >= 0.3 is 0 Å². The van der Waals surface area contributed by atoms with Crippen molar-refractivity contribution in [1.29, 1.82) is 0 Å². The van der Waals surface area contributed by atoms with E-state index in [9.17, 15) is 9.59 Å². The molecule has 3 aromatic rings. The smallest absolute Gasteiger partial charge is 0.265 e. The minimum absolute atomic E-state index is 0.0781. The minimum Gasteiger partial charge on any atom is -0.492 e. The number of anilines is 3. The summed E-state index contributed by atoms with van der Waals surface area (Å²) in [7, 11) is 0. The van der Waals surface area contributed by atoms with Crippen molar-refractivity contribution < 1.29 is 19.1 Å². The first kappa shape index (κ1) is 25.8. The Hall–Kier alpha value is -3.51. The third-order valence-electron chi connectivity index (χ3n) is 7.25. The van der Waals surface area contributed by atoms with Crippen LogP contribution in [0.15, 0.2) is 48.8 Å². The van der Waals surface area contributed by atoms with Gasteiger partial charge in [0, 0.05) is 57.6 Å². The van der Waals surface area contributed by atoms with Gasteiger partial charge in [-0.05, 0) is 35.9 Å². The molecule has 0 spiro atoms. The molecule has 0 unspecified atom stereocenters. The summed E-state index contributed by atoms with van der Waals surface area (Å²) in [4.78, 5) is 37.5. The van der Waals surface area contributed by atoms with Gasteiger partial charge in [0.15, 0.2) is 0 Å². The van der Waals surface area contributed by atoms with E-state index >= 15 is 0 Å². The highest BCUT2D eigenvalue weighted by Gasteiger charge is 2.30. The largest absolute Gasteiger partial charge is 0.492 e. The lowest BCUT2D eigenvalue weighted by Gasteiger charge is -2.30. The molecule has 39 heavy (non-hydrogen) atoms. The summed E-state index contributed by atoms with van der Waals surface area (Å²) >= 11 is 1.31. The number of nitrogens with zero attached hydrogens (tertiary/aromatic N) is 4. The molecular formula is C28H32N6O4S. The van der Waals surface area contributed by atoms with Gasteiger partial charge in [0.05, 0.1) is 47.2 Å². The van der Waals surface area contributed by atoms with Crippen molar-refractivity contribution in [1.82, 2.24) is 15.2 Å². The van der Waals surface area contributed by atoms with E-state index < -0.39 is 0 Å². The first-order valence-electron chi connectivity index (χ1n) is 13.3. The Labute approximate surface area is 231 Å². The maximum atomic E-state index is 13.3. The molecule has 204 valence electrons. The molecule has 11 heteroatoms.